The predicted octanol–water partition coefficient (Wildman–Crippen LogP) is 12.0. The molecule has 0 aliphatic rings. The summed E-state index contributed by atoms with van der Waals surface area (Å²) in [5.41, 5.74) is 0. The SMILES string of the molecule is CCCCCCCC/C=C\C/C=C\CC(O)C(=O)NC(CO)C(O)C(O)CCCCCCCCCCCCCCCCCCCCCCCCCC. The molecular weight excluding hydrogens is 647 g/mol. The third-order valence-electron chi connectivity index (χ3n) is 10.7. The minimum Gasteiger partial charge on any atom is -0.394 e. The second-order valence-electron chi connectivity index (χ2n) is 15.8. The van der Waals surface area contributed by atoms with Gasteiger partial charge in [-0.1, -0.05) is 224 Å². The Balaban J connectivity index is 3.69. The van der Waals surface area contributed by atoms with Gasteiger partial charge in [0.1, 0.15) is 12.2 Å². The van der Waals surface area contributed by atoms with Gasteiger partial charge in [0, 0.05) is 6.42 Å². The average molecular weight is 736 g/mol. The first-order valence-corrected chi connectivity index (χ1v) is 22.7. The number of hydrogen-bond acceptors (Lipinski definition) is 5. The second-order valence-corrected chi connectivity index (χ2v) is 15.8. The maximum Gasteiger partial charge on any atom is 0.249 e. The molecule has 52 heavy (non-hydrogen) atoms. The number of nitrogens with one attached hydrogen (secondary N) is 1. The Bertz CT molecular complexity index is 787. The summed E-state index contributed by atoms with van der Waals surface area (Å²) in [6.45, 7) is 4.01. The predicted molar refractivity (Wildman–Crippen MR) is 224 cm³/mol. The summed E-state index contributed by atoms with van der Waals surface area (Å²) in [6, 6.07) is -1.01. The lowest BCUT2D eigenvalue weighted by atomic mass is 9.99. The highest BCUT2D eigenvalue weighted by Crippen LogP contribution is 2.17. The lowest BCUT2D eigenvalue weighted by Crippen LogP contribution is -2.53. The minimum absolute atomic E-state index is 0.160. The number of carbonyl (C=O) groups is 1. The largest absolute Gasteiger partial charge is 0.394 e. The molecule has 0 aromatic carbocycles. The number of unbranched alkanes of at least 4 members (excludes halogenated alkanes) is 29. The van der Waals surface area contributed by atoms with Crippen molar-refractivity contribution in [3.63, 3.8) is 0 Å². The van der Waals surface area contributed by atoms with Crippen molar-refractivity contribution >= 4 is 5.91 Å². The van der Waals surface area contributed by atoms with E-state index in [1.165, 1.54) is 173 Å². The van der Waals surface area contributed by atoms with Crippen LogP contribution in [0.5, 0.6) is 0 Å². The molecule has 6 heteroatoms. The molecule has 0 saturated heterocycles. The number of rotatable bonds is 41. The second kappa shape index (κ2) is 41.0. The molecular formula is C46H89NO5. The smallest absolute Gasteiger partial charge is 0.249 e. The van der Waals surface area contributed by atoms with E-state index < -0.39 is 36.9 Å². The Morgan fingerprint density at radius 3 is 1.27 bits per heavy atom. The van der Waals surface area contributed by atoms with Gasteiger partial charge in [0.2, 0.25) is 5.91 Å². The molecule has 0 saturated carbocycles. The summed E-state index contributed by atoms with van der Waals surface area (Å²) >= 11 is 0. The van der Waals surface area contributed by atoms with Gasteiger partial charge in [0.05, 0.1) is 18.8 Å². The Labute approximate surface area is 323 Å². The Morgan fingerprint density at radius 2 is 0.865 bits per heavy atom. The van der Waals surface area contributed by atoms with E-state index >= 15 is 0 Å². The molecule has 308 valence electrons. The molecule has 1 amide bonds. The molecule has 0 radical (unpaired) electrons. The van der Waals surface area contributed by atoms with Crippen LogP contribution in [0, 0.1) is 0 Å². The molecule has 4 atom stereocenters. The molecule has 0 rings (SSSR count). The molecule has 0 aliphatic carbocycles. The minimum atomic E-state index is -1.28. The Kier molecular flexibility index (Phi) is 40.0. The molecule has 5 N–H and O–H groups in total. The van der Waals surface area contributed by atoms with Crippen molar-refractivity contribution in [2.45, 2.75) is 257 Å². The van der Waals surface area contributed by atoms with Crippen LogP contribution in [0.15, 0.2) is 24.3 Å². The van der Waals surface area contributed by atoms with E-state index in [0.29, 0.717) is 6.42 Å². The standard InChI is InChI=1S/C46H89NO5/c1-3-5-7-9-11-13-15-17-18-19-20-21-22-23-24-25-26-27-28-30-31-33-35-37-39-43(49)45(51)42(41-48)47-46(52)44(50)40-38-36-34-32-29-16-14-12-10-8-6-4-2/h29,32,36,38,42-45,48-51H,3-28,30-31,33-35,37,39-41H2,1-2H3,(H,47,52)/b32-29-,38-36-. The molecule has 0 bridgehead atoms. The van der Waals surface area contributed by atoms with E-state index in [9.17, 15) is 25.2 Å². The van der Waals surface area contributed by atoms with Gasteiger partial charge in [-0.25, -0.2) is 0 Å². The fourth-order valence-corrected chi connectivity index (χ4v) is 7.04. The highest BCUT2D eigenvalue weighted by Gasteiger charge is 2.28. The number of amides is 1. The van der Waals surface area contributed by atoms with Gasteiger partial charge < -0.3 is 25.7 Å². The first-order chi connectivity index (χ1) is 25.5. The van der Waals surface area contributed by atoms with Crippen LogP contribution in [-0.4, -0.2) is 57.3 Å². The van der Waals surface area contributed by atoms with Crippen LogP contribution in [0.2, 0.25) is 0 Å². The van der Waals surface area contributed by atoms with Gasteiger partial charge in [-0.2, -0.15) is 0 Å². The molecule has 0 aromatic rings. The highest BCUT2D eigenvalue weighted by molar-refractivity contribution is 5.81. The van der Waals surface area contributed by atoms with Crippen LogP contribution in [0.4, 0.5) is 0 Å². The maximum absolute atomic E-state index is 12.4. The van der Waals surface area contributed by atoms with Gasteiger partial charge >= 0.3 is 0 Å². The lowest BCUT2D eigenvalue weighted by Gasteiger charge is -2.27. The summed E-state index contributed by atoms with van der Waals surface area (Å²) in [5, 5.41) is 43.5. The Morgan fingerprint density at radius 1 is 0.500 bits per heavy atom. The van der Waals surface area contributed by atoms with E-state index in [4.69, 9.17) is 0 Å². The third kappa shape index (κ3) is 34.6. The summed E-state index contributed by atoms with van der Waals surface area (Å²) in [4.78, 5) is 12.4. The van der Waals surface area contributed by atoms with Gasteiger partial charge in [0.25, 0.3) is 0 Å². The zero-order valence-electron chi connectivity index (χ0n) is 34.6. The summed E-state index contributed by atoms with van der Waals surface area (Å²) in [6.07, 6.45) is 46.7. The average Bonchev–Trinajstić information content (AvgIpc) is 3.15. The van der Waals surface area contributed by atoms with E-state index in [1.54, 1.807) is 6.08 Å². The number of aliphatic hydroxyl groups excluding tert-OH is 4. The zero-order valence-corrected chi connectivity index (χ0v) is 34.6. The van der Waals surface area contributed by atoms with Crippen LogP contribution in [-0.2, 0) is 4.79 Å². The van der Waals surface area contributed by atoms with Crippen LogP contribution in [0.25, 0.3) is 0 Å². The van der Waals surface area contributed by atoms with Crippen LogP contribution < -0.4 is 5.32 Å². The summed E-state index contributed by atoms with van der Waals surface area (Å²) < 4.78 is 0. The molecule has 0 spiro atoms. The molecule has 0 aromatic heterocycles. The van der Waals surface area contributed by atoms with Crippen molar-refractivity contribution in [1.29, 1.82) is 0 Å². The van der Waals surface area contributed by atoms with Crippen molar-refractivity contribution in [3.05, 3.63) is 24.3 Å². The highest BCUT2D eigenvalue weighted by atomic mass is 16.3. The number of hydrogen-bond donors (Lipinski definition) is 5. The van der Waals surface area contributed by atoms with Crippen molar-refractivity contribution in [1.82, 2.24) is 5.32 Å². The fourth-order valence-electron chi connectivity index (χ4n) is 7.04. The molecule has 4 unspecified atom stereocenters. The van der Waals surface area contributed by atoms with Crippen molar-refractivity contribution < 1.29 is 25.2 Å². The van der Waals surface area contributed by atoms with E-state index in [1.807, 2.05) is 6.08 Å². The van der Waals surface area contributed by atoms with Crippen LogP contribution in [0.1, 0.15) is 232 Å². The summed E-state index contributed by atoms with van der Waals surface area (Å²) in [7, 11) is 0. The van der Waals surface area contributed by atoms with Gasteiger partial charge in [-0.05, 0) is 25.7 Å². The quantitative estimate of drug-likeness (QED) is 0.0317. The van der Waals surface area contributed by atoms with E-state index in [-0.39, 0.29) is 6.42 Å². The molecule has 0 fully saturated rings. The summed E-state index contributed by atoms with van der Waals surface area (Å²) in [5.74, 6) is -0.650. The van der Waals surface area contributed by atoms with Crippen molar-refractivity contribution in [2.75, 3.05) is 6.61 Å². The maximum atomic E-state index is 12.4. The van der Waals surface area contributed by atoms with Crippen molar-refractivity contribution in [2.24, 2.45) is 0 Å². The van der Waals surface area contributed by atoms with Crippen LogP contribution >= 0.6 is 0 Å². The first kappa shape index (κ1) is 50.8. The lowest BCUT2D eigenvalue weighted by molar-refractivity contribution is -0.132. The van der Waals surface area contributed by atoms with Gasteiger partial charge in [0.15, 0.2) is 0 Å². The monoisotopic (exact) mass is 736 g/mol. The Hall–Kier alpha value is -1.21. The third-order valence-corrected chi connectivity index (χ3v) is 10.7. The zero-order chi connectivity index (χ0) is 38.2. The van der Waals surface area contributed by atoms with Crippen LogP contribution in [0.3, 0.4) is 0 Å². The van der Waals surface area contributed by atoms with E-state index in [0.717, 1.165) is 32.1 Å². The molecule has 0 aliphatic heterocycles. The number of carbonyl (C=O) groups excluding carboxylic acids is 1. The fraction of sp³-hybridized carbons (Fsp3) is 0.891. The number of aliphatic hydroxyl groups is 4. The first-order valence-electron chi connectivity index (χ1n) is 22.7. The topological polar surface area (TPSA) is 110 Å². The van der Waals surface area contributed by atoms with Gasteiger partial charge in [-0.3, -0.25) is 4.79 Å². The van der Waals surface area contributed by atoms with E-state index in [2.05, 4.69) is 31.3 Å². The number of allylic oxidation sites excluding steroid dienone is 3. The van der Waals surface area contributed by atoms with Crippen molar-refractivity contribution in [3.8, 4) is 0 Å². The molecule has 6 nitrogen and oxygen atoms in total. The normalized spacial score (nSPS) is 14.3. The van der Waals surface area contributed by atoms with Gasteiger partial charge in [-0.15, -0.1) is 0 Å². The molecule has 0 heterocycles.